The van der Waals surface area contributed by atoms with E-state index in [0.29, 0.717) is 29.9 Å². The molecular formula is C17H15FN3NaO4S2. The Morgan fingerprint density at radius 1 is 1.29 bits per heavy atom. The van der Waals surface area contributed by atoms with E-state index in [4.69, 9.17) is 0 Å². The summed E-state index contributed by atoms with van der Waals surface area (Å²) in [6.07, 6.45) is 1.59. The summed E-state index contributed by atoms with van der Waals surface area (Å²) in [7, 11) is -4.14. The van der Waals surface area contributed by atoms with Crippen molar-refractivity contribution in [1.82, 2.24) is 4.98 Å². The quantitative estimate of drug-likeness (QED) is 0.552. The second-order valence-corrected chi connectivity index (χ2v) is 9.14. The van der Waals surface area contributed by atoms with E-state index in [1.807, 2.05) is 4.90 Å². The SMILES string of the molecule is O=c1[nH]ccc2cc(F)c([N-]S(=O)(=O)c3ccc(N4CC[C@@H](O)C4)s3)cc12.[Na+]. The predicted molar refractivity (Wildman–Crippen MR) is 102 cm³/mol. The van der Waals surface area contributed by atoms with E-state index in [1.54, 1.807) is 6.07 Å². The number of aliphatic hydroxyl groups excluding tert-OH is 1. The maximum absolute atomic E-state index is 14.3. The number of halogens is 1. The van der Waals surface area contributed by atoms with E-state index >= 15 is 0 Å². The minimum absolute atomic E-state index is 0. The normalized spacial score (nSPS) is 16.9. The fourth-order valence-electron chi connectivity index (χ4n) is 3.00. The molecular weight excluding hydrogens is 416 g/mol. The molecule has 1 fully saturated rings. The smallest absolute Gasteiger partial charge is 0.570 e. The van der Waals surface area contributed by atoms with Crippen molar-refractivity contribution in [3.63, 3.8) is 0 Å². The van der Waals surface area contributed by atoms with Crippen LogP contribution in [0.15, 0.2) is 45.5 Å². The Hall–Kier alpha value is -1.43. The maximum atomic E-state index is 14.3. The Morgan fingerprint density at radius 2 is 2.07 bits per heavy atom. The van der Waals surface area contributed by atoms with Gasteiger partial charge in [-0.1, -0.05) is 11.8 Å². The van der Waals surface area contributed by atoms with Gasteiger partial charge in [0.15, 0.2) is 0 Å². The van der Waals surface area contributed by atoms with Crippen molar-refractivity contribution in [1.29, 1.82) is 0 Å². The monoisotopic (exact) mass is 431 g/mol. The molecule has 1 aliphatic heterocycles. The minimum atomic E-state index is -4.14. The van der Waals surface area contributed by atoms with E-state index in [2.05, 4.69) is 9.71 Å². The molecule has 3 aromatic rings. The van der Waals surface area contributed by atoms with E-state index in [1.165, 1.54) is 18.3 Å². The molecule has 142 valence electrons. The molecule has 0 saturated carbocycles. The van der Waals surface area contributed by atoms with Crippen LogP contribution in [-0.4, -0.2) is 37.7 Å². The van der Waals surface area contributed by atoms with E-state index in [9.17, 15) is 22.7 Å². The Morgan fingerprint density at radius 3 is 2.79 bits per heavy atom. The molecule has 0 spiro atoms. The molecule has 11 heteroatoms. The third-order valence-electron chi connectivity index (χ3n) is 4.36. The van der Waals surface area contributed by atoms with Crippen LogP contribution in [0.3, 0.4) is 0 Å². The van der Waals surface area contributed by atoms with Crippen LogP contribution in [0, 0.1) is 5.82 Å². The van der Waals surface area contributed by atoms with Gasteiger partial charge in [0, 0.05) is 24.7 Å². The number of aromatic amines is 1. The molecule has 0 radical (unpaired) electrons. The number of H-pyrrole nitrogens is 1. The molecule has 2 N–H and O–H groups in total. The summed E-state index contributed by atoms with van der Waals surface area (Å²) in [5, 5.41) is 10.8. The second-order valence-electron chi connectivity index (χ2n) is 6.25. The number of benzene rings is 1. The van der Waals surface area contributed by atoms with Crippen LogP contribution < -0.4 is 40.0 Å². The van der Waals surface area contributed by atoms with Crippen LogP contribution in [0.5, 0.6) is 0 Å². The number of nitrogens with one attached hydrogen (secondary N) is 1. The summed E-state index contributed by atoms with van der Waals surface area (Å²) in [5.41, 5.74) is -0.863. The molecule has 4 rings (SSSR count). The maximum Gasteiger partial charge on any atom is 1.00 e. The number of aromatic nitrogens is 1. The Kier molecular flexibility index (Phi) is 6.18. The fraction of sp³-hybridized carbons (Fsp3) is 0.235. The van der Waals surface area contributed by atoms with Gasteiger partial charge in [-0.25, -0.2) is 12.8 Å². The van der Waals surface area contributed by atoms with Crippen molar-refractivity contribution in [3.05, 3.63) is 57.4 Å². The van der Waals surface area contributed by atoms with E-state index in [-0.39, 0.29) is 39.2 Å². The summed E-state index contributed by atoms with van der Waals surface area (Å²) < 4.78 is 43.0. The average molecular weight is 431 g/mol. The molecule has 1 saturated heterocycles. The summed E-state index contributed by atoms with van der Waals surface area (Å²) in [4.78, 5) is 16.2. The van der Waals surface area contributed by atoms with Gasteiger partial charge in [-0.05, 0) is 36.1 Å². The number of pyridine rings is 1. The first-order chi connectivity index (χ1) is 12.8. The van der Waals surface area contributed by atoms with Crippen LogP contribution >= 0.6 is 11.3 Å². The number of rotatable bonds is 4. The van der Waals surface area contributed by atoms with Crippen LogP contribution in [-0.2, 0) is 10.0 Å². The molecule has 0 bridgehead atoms. The molecule has 1 aliphatic rings. The van der Waals surface area contributed by atoms with Gasteiger partial charge < -0.3 is 19.7 Å². The Balaban J connectivity index is 0.00000225. The van der Waals surface area contributed by atoms with Gasteiger partial charge >= 0.3 is 29.6 Å². The molecule has 0 aliphatic carbocycles. The third kappa shape index (κ3) is 4.12. The van der Waals surface area contributed by atoms with Gasteiger partial charge in [0.1, 0.15) is 20.0 Å². The first-order valence-electron chi connectivity index (χ1n) is 8.15. The Bertz CT molecular complexity index is 1180. The number of thiophene rings is 1. The van der Waals surface area contributed by atoms with Crippen LogP contribution in [0.1, 0.15) is 6.42 Å². The number of aliphatic hydroxyl groups is 1. The van der Waals surface area contributed by atoms with E-state index < -0.39 is 33.2 Å². The van der Waals surface area contributed by atoms with Crippen LogP contribution in [0.25, 0.3) is 15.5 Å². The molecule has 1 aromatic carbocycles. The zero-order chi connectivity index (χ0) is 19.2. The van der Waals surface area contributed by atoms with Gasteiger partial charge in [0.05, 0.1) is 11.1 Å². The fourth-order valence-corrected chi connectivity index (χ4v) is 5.29. The van der Waals surface area contributed by atoms with Crippen LogP contribution in [0.4, 0.5) is 15.1 Å². The minimum Gasteiger partial charge on any atom is -0.570 e. The van der Waals surface area contributed by atoms with Crippen molar-refractivity contribution < 1.29 is 47.5 Å². The summed E-state index contributed by atoms with van der Waals surface area (Å²) >= 11 is 1.01. The summed E-state index contributed by atoms with van der Waals surface area (Å²) in [5.74, 6) is -0.823. The number of fused-ring (bicyclic) bond motifs is 1. The number of hydrogen-bond donors (Lipinski definition) is 2. The zero-order valence-corrected chi connectivity index (χ0v) is 18.6. The molecule has 2 aromatic heterocycles. The average Bonchev–Trinajstić information content (AvgIpc) is 3.25. The van der Waals surface area contributed by atoms with Crippen molar-refractivity contribution in [3.8, 4) is 0 Å². The van der Waals surface area contributed by atoms with Crippen molar-refractivity contribution in [2.75, 3.05) is 18.0 Å². The Labute approximate surface area is 186 Å². The standard InChI is InChI=1S/C17H15FN3O4S2.Na/c18-13-7-10-3-5-19-17(23)12(10)8-14(13)20-27(24,25)16-2-1-15(26-16)21-6-4-11(22)9-21;/h1-3,5,7-8,11,22H,4,6,9H2,(H,19,23);/q-1;+1/t11-;/m1./s1. The largest absolute Gasteiger partial charge is 1.00 e. The molecule has 0 amide bonds. The van der Waals surface area contributed by atoms with Gasteiger partial charge in [0.25, 0.3) is 5.56 Å². The summed E-state index contributed by atoms with van der Waals surface area (Å²) in [6.45, 7) is 1.08. The van der Waals surface area contributed by atoms with Crippen molar-refractivity contribution >= 4 is 42.8 Å². The number of hydrogen-bond acceptors (Lipinski definition) is 6. The molecule has 3 heterocycles. The van der Waals surface area contributed by atoms with E-state index in [0.717, 1.165) is 23.5 Å². The third-order valence-corrected chi connectivity index (χ3v) is 7.26. The zero-order valence-electron chi connectivity index (χ0n) is 14.9. The van der Waals surface area contributed by atoms with Crippen LogP contribution in [0.2, 0.25) is 0 Å². The number of nitrogens with zero attached hydrogens (tertiary/aromatic N) is 2. The number of sulfonamides is 1. The predicted octanol–water partition coefficient (Wildman–Crippen LogP) is -0.302. The summed E-state index contributed by atoms with van der Waals surface area (Å²) in [6, 6.07) is 6.80. The first-order valence-corrected chi connectivity index (χ1v) is 10.4. The van der Waals surface area contributed by atoms with Gasteiger partial charge in [0.2, 0.25) is 0 Å². The molecule has 7 nitrogen and oxygen atoms in total. The second kappa shape index (κ2) is 8.13. The molecule has 0 unspecified atom stereocenters. The number of anilines is 1. The van der Waals surface area contributed by atoms with Gasteiger partial charge in [-0.15, -0.1) is 11.3 Å². The van der Waals surface area contributed by atoms with Crippen molar-refractivity contribution in [2.24, 2.45) is 0 Å². The first kappa shape index (κ1) is 21.3. The van der Waals surface area contributed by atoms with Crippen molar-refractivity contribution in [2.45, 2.75) is 16.7 Å². The van der Waals surface area contributed by atoms with Gasteiger partial charge in [-0.3, -0.25) is 4.79 Å². The van der Waals surface area contributed by atoms with Gasteiger partial charge in [-0.2, -0.15) is 0 Å². The number of β-amino-alcohol motifs (C(OH)–C–C–N with tert-alkyl or cyclic N) is 1. The molecule has 1 atom stereocenters. The topological polar surface area (TPSA) is 105 Å². The molecule has 28 heavy (non-hydrogen) atoms.